The van der Waals surface area contributed by atoms with Gasteiger partial charge in [-0.25, -0.2) is 13.2 Å². The van der Waals surface area contributed by atoms with E-state index >= 15 is 0 Å². The van der Waals surface area contributed by atoms with Gasteiger partial charge in [-0.05, 0) is 68.9 Å². The first kappa shape index (κ1) is 27.5. The Balaban J connectivity index is 1.66. The third-order valence-corrected chi connectivity index (χ3v) is 7.96. The number of rotatable bonds is 8. The van der Waals surface area contributed by atoms with Crippen molar-refractivity contribution in [2.45, 2.75) is 68.2 Å². The van der Waals surface area contributed by atoms with Crippen molar-refractivity contribution in [3.63, 3.8) is 0 Å². The molecule has 206 valence electrons. The van der Waals surface area contributed by atoms with Crippen LogP contribution >= 0.6 is 0 Å². The molecule has 10 nitrogen and oxygen atoms in total. The van der Waals surface area contributed by atoms with Gasteiger partial charge < -0.3 is 14.6 Å². The number of nitrogens with zero attached hydrogens (tertiary/aromatic N) is 2. The summed E-state index contributed by atoms with van der Waals surface area (Å²) >= 11 is 0. The van der Waals surface area contributed by atoms with Crippen LogP contribution in [0, 0.1) is 0 Å². The van der Waals surface area contributed by atoms with Gasteiger partial charge in [-0.15, -0.1) is 0 Å². The minimum atomic E-state index is -4.81. The fourth-order valence-corrected chi connectivity index (χ4v) is 5.33. The minimum absolute atomic E-state index is 0.0151. The summed E-state index contributed by atoms with van der Waals surface area (Å²) in [5.74, 6) is -0.744. The van der Waals surface area contributed by atoms with Gasteiger partial charge in [-0.1, -0.05) is 0 Å². The number of aromatic nitrogens is 1. The van der Waals surface area contributed by atoms with E-state index in [-0.39, 0.29) is 47.3 Å². The topological polar surface area (TPSA) is 135 Å². The van der Waals surface area contributed by atoms with Crippen LogP contribution < -0.4 is 14.4 Å². The van der Waals surface area contributed by atoms with Crippen LogP contribution in [0.2, 0.25) is 0 Å². The fourth-order valence-electron chi connectivity index (χ4n) is 3.83. The van der Waals surface area contributed by atoms with Gasteiger partial charge in [-0.2, -0.15) is 13.2 Å². The molecule has 0 saturated heterocycles. The molecule has 1 atom stereocenters. The van der Waals surface area contributed by atoms with E-state index in [4.69, 9.17) is 9.84 Å². The standard InChI is InChI=1S/C24H26F3N3O7S/c1-23(2,24(25,26)27)37-22(33)29-16-5-7-20-19(10-16)30(13-17(36-20)6-8-21(31)32)38(34,35)18-9-15(11-28-12-18)14-3-4-14/h5,7,9-12,14,17H,3-4,6,8,13H2,1-2H3,(H,29,33)(H,31,32)/t17-/m0/s1. The van der Waals surface area contributed by atoms with E-state index in [1.807, 2.05) is 0 Å². The molecule has 2 aromatic rings. The highest BCUT2D eigenvalue weighted by Crippen LogP contribution is 2.42. The number of carboxylic acid groups (broad SMARTS) is 1. The summed E-state index contributed by atoms with van der Waals surface area (Å²) in [5, 5.41) is 11.3. The number of sulfonamides is 1. The van der Waals surface area contributed by atoms with Crippen molar-refractivity contribution in [1.82, 2.24) is 4.98 Å². The number of alkyl halides is 3. The van der Waals surface area contributed by atoms with Crippen molar-refractivity contribution >= 4 is 33.5 Å². The third-order valence-electron chi connectivity index (χ3n) is 6.22. The second-order valence-electron chi connectivity index (χ2n) is 9.64. The molecule has 0 radical (unpaired) electrons. The first-order valence-corrected chi connectivity index (χ1v) is 13.2. The normalized spacial score (nSPS) is 17.8. The Morgan fingerprint density at radius 3 is 2.55 bits per heavy atom. The van der Waals surface area contributed by atoms with E-state index in [9.17, 15) is 31.2 Å². The van der Waals surface area contributed by atoms with Crippen molar-refractivity contribution in [2.24, 2.45) is 0 Å². The number of nitrogens with one attached hydrogen (secondary N) is 1. The quantitative estimate of drug-likeness (QED) is 0.478. The second kappa shape index (κ2) is 9.97. The molecule has 1 aliphatic heterocycles. The molecule has 2 heterocycles. The van der Waals surface area contributed by atoms with E-state index in [0.29, 0.717) is 13.8 Å². The van der Waals surface area contributed by atoms with Crippen molar-refractivity contribution in [2.75, 3.05) is 16.2 Å². The van der Waals surface area contributed by atoms with Gasteiger partial charge in [0.15, 0.2) is 0 Å². The number of pyridine rings is 1. The van der Waals surface area contributed by atoms with Crippen LogP contribution in [0.15, 0.2) is 41.6 Å². The molecule has 1 amide bonds. The highest BCUT2D eigenvalue weighted by Gasteiger charge is 2.51. The first-order chi connectivity index (χ1) is 17.7. The average Bonchev–Trinajstić information content (AvgIpc) is 3.67. The van der Waals surface area contributed by atoms with E-state index in [0.717, 1.165) is 22.7 Å². The molecule has 1 aliphatic carbocycles. The predicted molar refractivity (Wildman–Crippen MR) is 129 cm³/mol. The molecule has 0 unspecified atom stereocenters. The van der Waals surface area contributed by atoms with Crippen molar-refractivity contribution in [3.05, 3.63) is 42.2 Å². The first-order valence-electron chi connectivity index (χ1n) is 11.7. The van der Waals surface area contributed by atoms with Gasteiger partial charge >= 0.3 is 18.2 Å². The molecular formula is C24H26F3N3O7S. The van der Waals surface area contributed by atoms with E-state index in [1.54, 1.807) is 12.3 Å². The van der Waals surface area contributed by atoms with Crippen LogP contribution in [0.5, 0.6) is 5.75 Å². The van der Waals surface area contributed by atoms with E-state index in [1.165, 1.54) is 24.4 Å². The van der Waals surface area contributed by atoms with Crippen molar-refractivity contribution < 1.29 is 45.8 Å². The molecule has 1 aromatic carbocycles. The number of carbonyl (C=O) groups excluding carboxylic acids is 1. The lowest BCUT2D eigenvalue weighted by molar-refractivity contribution is -0.242. The van der Waals surface area contributed by atoms with Gasteiger partial charge in [-0.3, -0.25) is 19.4 Å². The Kier molecular flexibility index (Phi) is 7.21. The molecule has 1 saturated carbocycles. The SMILES string of the molecule is CC(C)(OC(=O)Nc1ccc2c(c1)N(S(=O)(=O)c1cncc(C3CC3)c1)C[C@H](CCC(=O)O)O2)C(F)(F)F. The van der Waals surface area contributed by atoms with Gasteiger partial charge in [0.1, 0.15) is 16.7 Å². The molecular weight excluding hydrogens is 531 g/mol. The number of fused-ring (bicyclic) bond motifs is 1. The molecule has 0 bridgehead atoms. The molecule has 1 aromatic heterocycles. The average molecular weight is 558 g/mol. The number of carboxylic acids is 1. The molecule has 1 fully saturated rings. The second-order valence-corrected chi connectivity index (χ2v) is 11.5. The summed E-state index contributed by atoms with van der Waals surface area (Å²) in [4.78, 5) is 27.3. The minimum Gasteiger partial charge on any atom is -0.486 e. The van der Waals surface area contributed by atoms with Crippen LogP contribution in [0.25, 0.3) is 0 Å². The number of hydrogen-bond acceptors (Lipinski definition) is 7. The Labute approximate surface area is 216 Å². The Hall–Kier alpha value is -3.55. The summed E-state index contributed by atoms with van der Waals surface area (Å²) in [5.41, 5.74) is -2.00. The molecule has 2 N–H and O–H groups in total. The Bertz CT molecular complexity index is 1340. The number of halogens is 3. The number of ether oxygens (including phenoxy) is 2. The van der Waals surface area contributed by atoms with Crippen LogP contribution in [0.3, 0.4) is 0 Å². The van der Waals surface area contributed by atoms with Gasteiger partial charge in [0.05, 0.1) is 12.2 Å². The summed E-state index contributed by atoms with van der Waals surface area (Å²) in [7, 11) is -4.22. The van der Waals surface area contributed by atoms with Crippen LogP contribution in [0.1, 0.15) is 51.0 Å². The monoisotopic (exact) mass is 557 g/mol. The summed E-state index contributed by atoms with van der Waals surface area (Å²) < 4.78 is 78.1. The lowest BCUT2D eigenvalue weighted by atomic mass is 10.1. The molecule has 2 aliphatic rings. The maximum absolute atomic E-state index is 13.7. The molecule has 4 rings (SSSR count). The van der Waals surface area contributed by atoms with E-state index < -0.39 is 40.0 Å². The lowest BCUT2D eigenvalue weighted by Gasteiger charge is -2.35. The molecule has 0 spiro atoms. The Morgan fingerprint density at radius 2 is 1.92 bits per heavy atom. The number of benzene rings is 1. The summed E-state index contributed by atoms with van der Waals surface area (Å²) in [6, 6.07) is 5.43. The number of hydrogen-bond donors (Lipinski definition) is 2. The number of carbonyl (C=O) groups is 2. The summed E-state index contributed by atoms with van der Waals surface area (Å²) in [6.07, 6.45) is -2.54. The van der Waals surface area contributed by atoms with Gasteiger partial charge in [0.25, 0.3) is 10.0 Å². The lowest BCUT2D eigenvalue weighted by Crippen LogP contribution is -2.44. The van der Waals surface area contributed by atoms with Crippen LogP contribution in [-0.2, 0) is 19.6 Å². The number of anilines is 2. The molecule has 38 heavy (non-hydrogen) atoms. The molecule has 14 heteroatoms. The number of amides is 1. The largest absolute Gasteiger partial charge is 0.486 e. The predicted octanol–water partition coefficient (Wildman–Crippen LogP) is 4.67. The highest BCUT2D eigenvalue weighted by atomic mass is 32.2. The van der Waals surface area contributed by atoms with Crippen LogP contribution in [-0.4, -0.2) is 55.0 Å². The number of aliphatic carboxylic acids is 1. The third kappa shape index (κ3) is 5.95. The summed E-state index contributed by atoms with van der Waals surface area (Å²) in [6.45, 7) is 1.16. The maximum Gasteiger partial charge on any atom is 0.427 e. The maximum atomic E-state index is 13.7. The van der Waals surface area contributed by atoms with Crippen molar-refractivity contribution in [1.29, 1.82) is 0 Å². The van der Waals surface area contributed by atoms with Gasteiger partial charge in [0, 0.05) is 24.5 Å². The van der Waals surface area contributed by atoms with Gasteiger partial charge in [0.2, 0.25) is 5.60 Å². The zero-order chi connectivity index (χ0) is 27.9. The smallest absolute Gasteiger partial charge is 0.427 e. The highest BCUT2D eigenvalue weighted by molar-refractivity contribution is 7.92. The fraction of sp³-hybridized carbons (Fsp3) is 0.458. The van der Waals surface area contributed by atoms with Crippen LogP contribution in [0.4, 0.5) is 29.3 Å². The zero-order valence-electron chi connectivity index (χ0n) is 20.5. The Morgan fingerprint density at radius 1 is 1.21 bits per heavy atom. The van der Waals surface area contributed by atoms with E-state index in [2.05, 4.69) is 15.0 Å². The zero-order valence-corrected chi connectivity index (χ0v) is 21.3. The van der Waals surface area contributed by atoms with Crippen molar-refractivity contribution in [3.8, 4) is 5.75 Å².